The normalized spacial score (nSPS) is 9.75. The number of ether oxygens (including phenoxy) is 2. The van der Waals surface area contributed by atoms with Gasteiger partial charge in [0.2, 0.25) is 0 Å². The number of hydrogen-bond donors (Lipinski definition) is 0. The van der Waals surface area contributed by atoms with Gasteiger partial charge in [0.15, 0.2) is 0 Å². The Morgan fingerprint density at radius 2 is 1.56 bits per heavy atom. The van der Waals surface area contributed by atoms with E-state index < -0.39 is 0 Å². The first kappa shape index (κ1) is 10.4. The van der Waals surface area contributed by atoms with Gasteiger partial charge in [-0.05, 0) is 24.3 Å². The van der Waals surface area contributed by atoms with Crippen molar-refractivity contribution in [1.82, 2.24) is 9.97 Å². The van der Waals surface area contributed by atoms with Gasteiger partial charge >= 0.3 is 0 Å². The summed E-state index contributed by atoms with van der Waals surface area (Å²) >= 11 is 0. The van der Waals surface area contributed by atoms with Gasteiger partial charge in [-0.25, -0.2) is 0 Å². The van der Waals surface area contributed by atoms with Gasteiger partial charge in [-0.2, -0.15) is 0 Å². The van der Waals surface area contributed by atoms with Crippen LogP contribution in [0.1, 0.15) is 0 Å². The Balaban J connectivity index is 1.70. The molecule has 0 saturated carbocycles. The quantitative estimate of drug-likeness (QED) is 0.716. The second-order valence-corrected chi connectivity index (χ2v) is 3.07. The fraction of sp³-hybridized carbons (Fsp3) is 0.167. The van der Waals surface area contributed by atoms with Gasteiger partial charge in [0.05, 0.1) is 6.20 Å². The Morgan fingerprint density at radius 3 is 2.25 bits per heavy atom. The SMILES string of the molecule is c1cncc(OCCOc2ccncc2)c1. The molecule has 0 aliphatic carbocycles. The van der Waals surface area contributed by atoms with Gasteiger partial charge < -0.3 is 9.47 Å². The van der Waals surface area contributed by atoms with E-state index in [4.69, 9.17) is 9.47 Å². The maximum atomic E-state index is 5.44. The Bertz CT molecular complexity index is 364. The number of nitrogens with zero attached hydrogens (tertiary/aromatic N) is 2. The van der Waals surface area contributed by atoms with Crippen molar-refractivity contribution in [3.05, 3.63) is 49.1 Å². The molecule has 2 aromatic heterocycles. The average molecular weight is 216 g/mol. The highest BCUT2D eigenvalue weighted by Crippen LogP contribution is 2.08. The van der Waals surface area contributed by atoms with Crippen LogP contribution in [0.5, 0.6) is 11.5 Å². The predicted octanol–water partition coefficient (Wildman–Crippen LogP) is 1.93. The van der Waals surface area contributed by atoms with Gasteiger partial charge in [-0.15, -0.1) is 0 Å². The minimum Gasteiger partial charge on any atom is -0.490 e. The van der Waals surface area contributed by atoms with Gasteiger partial charge in [-0.1, -0.05) is 0 Å². The first-order chi connectivity index (χ1) is 7.95. The lowest BCUT2D eigenvalue weighted by molar-refractivity contribution is 0.216. The Kier molecular flexibility index (Phi) is 3.71. The molecular formula is C12H12N2O2. The van der Waals surface area contributed by atoms with E-state index in [-0.39, 0.29) is 0 Å². The molecule has 0 bridgehead atoms. The first-order valence-electron chi connectivity index (χ1n) is 5.01. The molecule has 0 aliphatic heterocycles. The summed E-state index contributed by atoms with van der Waals surface area (Å²) in [6.07, 6.45) is 6.77. The van der Waals surface area contributed by atoms with Crippen LogP contribution >= 0.6 is 0 Å². The molecule has 82 valence electrons. The number of pyridine rings is 2. The molecular weight excluding hydrogens is 204 g/mol. The molecule has 0 aromatic carbocycles. The lowest BCUT2D eigenvalue weighted by Gasteiger charge is -2.07. The largest absolute Gasteiger partial charge is 0.490 e. The van der Waals surface area contributed by atoms with Crippen LogP contribution in [0.15, 0.2) is 49.1 Å². The molecule has 0 fully saturated rings. The zero-order valence-electron chi connectivity index (χ0n) is 8.74. The third-order valence-corrected chi connectivity index (χ3v) is 1.90. The highest BCUT2D eigenvalue weighted by atomic mass is 16.5. The Morgan fingerprint density at radius 1 is 0.812 bits per heavy atom. The molecule has 0 atom stereocenters. The van der Waals surface area contributed by atoms with E-state index in [0.717, 1.165) is 11.5 Å². The van der Waals surface area contributed by atoms with E-state index >= 15 is 0 Å². The van der Waals surface area contributed by atoms with Crippen LogP contribution < -0.4 is 9.47 Å². The molecule has 2 aromatic rings. The molecule has 4 heteroatoms. The van der Waals surface area contributed by atoms with Crippen LogP contribution in [0.2, 0.25) is 0 Å². The van der Waals surface area contributed by atoms with Gasteiger partial charge in [-0.3, -0.25) is 9.97 Å². The minimum atomic E-state index is 0.494. The van der Waals surface area contributed by atoms with Gasteiger partial charge in [0, 0.05) is 18.6 Å². The molecule has 16 heavy (non-hydrogen) atoms. The van der Waals surface area contributed by atoms with E-state index in [1.54, 1.807) is 24.8 Å². The van der Waals surface area contributed by atoms with Crippen molar-refractivity contribution in [3.8, 4) is 11.5 Å². The van der Waals surface area contributed by atoms with Crippen molar-refractivity contribution in [3.63, 3.8) is 0 Å². The summed E-state index contributed by atoms with van der Waals surface area (Å²) in [5.74, 6) is 1.55. The van der Waals surface area contributed by atoms with Crippen molar-refractivity contribution in [2.75, 3.05) is 13.2 Å². The lowest BCUT2D eigenvalue weighted by Crippen LogP contribution is -2.08. The molecule has 0 spiro atoms. The Labute approximate surface area is 93.9 Å². The van der Waals surface area contributed by atoms with Gasteiger partial charge in [0.25, 0.3) is 0 Å². The number of aromatic nitrogens is 2. The summed E-state index contributed by atoms with van der Waals surface area (Å²) < 4.78 is 10.9. The van der Waals surface area contributed by atoms with E-state index in [2.05, 4.69) is 9.97 Å². The zero-order valence-corrected chi connectivity index (χ0v) is 8.74. The maximum absolute atomic E-state index is 5.44. The lowest BCUT2D eigenvalue weighted by atomic mass is 10.4. The highest BCUT2D eigenvalue weighted by molar-refractivity contribution is 5.17. The summed E-state index contributed by atoms with van der Waals surface area (Å²) in [5.41, 5.74) is 0. The molecule has 0 radical (unpaired) electrons. The fourth-order valence-corrected chi connectivity index (χ4v) is 1.19. The van der Waals surface area contributed by atoms with E-state index in [0.29, 0.717) is 13.2 Å². The third kappa shape index (κ3) is 3.24. The van der Waals surface area contributed by atoms with Crippen LogP contribution in [0.4, 0.5) is 0 Å². The molecule has 2 rings (SSSR count). The van der Waals surface area contributed by atoms with Crippen LogP contribution in [0, 0.1) is 0 Å². The summed E-state index contributed by atoms with van der Waals surface area (Å²) in [6.45, 7) is 0.993. The molecule has 0 amide bonds. The van der Waals surface area contributed by atoms with Crippen LogP contribution in [-0.4, -0.2) is 23.2 Å². The standard InChI is InChI=1S/C12H12N2O2/c1-2-12(10-14-5-1)16-9-8-15-11-3-6-13-7-4-11/h1-7,10H,8-9H2. The smallest absolute Gasteiger partial charge is 0.137 e. The van der Waals surface area contributed by atoms with Crippen molar-refractivity contribution in [2.45, 2.75) is 0 Å². The number of rotatable bonds is 5. The van der Waals surface area contributed by atoms with Crippen LogP contribution in [-0.2, 0) is 0 Å². The van der Waals surface area contributed by atoms with Crippen molar-refractivity contribution < 1.29 is 9.47 Å². The van der Waals surface area contributed by atoms with E-state index in [9.17, 15) is 0 Å². The Hall–Kier alpha value is -2.10. The molecule has 2 heterocycles. The maximum Gasteiger partial charge on any atom is 0.137 e. The minimum absolute atomic E-state index is 0.494. The zero-order chi connectivity index (χ0) is 11.1. The first-order valence-corrected chi connectivity index (χ1v) is 5.01. The van der Waals surface area contributed by atoms with Gasteiger partial charge in [0.1, 0.15) is 24.7 Å². The monoisotopic (exact) mass is 216 g/mol. The summed E-state index contributed by atoms with van der Waals surface area (Å²) in [5, 5.41) is 0. The fourth-order valence-electron chi connectivity index (χ4n) is 1.19. The topological polar surface area (TPSA) is 44.2 Å². The average Bonchev–Trinajstić information content (AvgIpc) is 2.37. The van der Waals surface area contributed by atoms with Crippen molar-refractivity contribution in [1.29, 1.82) is 0 Å². The molecule has 0 aliphatic rings. The molecule has 0 unspecified atom stereocenters. The highest BCUT2D eigenvalue weighted by Gasteiger charge is 1.94. The molecule has 0 N–H and O–H groups in total. The van der Waals surface area contributed by atoms with Crippen LogP contribution in [0.3, 0.4) is 0 Å². The van der Waals surface area contributed by atoms with Crippen molar-refractivity contribution >= 4 is 0 Å². The van der Waals surface area contributed by atoms with Crippen LogP contribution in [0.25, 0.3) is 0 Å². The number of hydrogen-bond acceptors (Lipinski definition) is 4. The third-order valence-electron chi connectivity index (χ3n) is 1.90. The summed E-state index contributed by atoms with van der Waals surface area (Å²) in [6, 6.07) is 7.31. The van der Waals surface area contributed by atoms with E-state index in [1.165, 1.54) is 0 Å². The second-order valence-electron chi connectivity index (χ2n) is 3.07. The summed E-state index contributed by atoms with van der Waals surface area (Å²) in [4.78, 5) is 7.85. The summed E-state index contributed by atoms with van der Waals surface area (Å²) in [7, 11) is 0. The molecule has 4 nitrogen and oxygen atoms in total. The van der Waals surface area contributed by atoms with Crippen molar-refractivity contribution in [2.24, 2.45) is 0 Å². The van der Waals surface area contributed by atoms with E-state index in [1.807, 2.05) is 24.3 Å². The second kappa shape index (κ2) is 5.70. The molecule has 0 saturated heterocycles. The predicted molar refractivity (Wildman–Crippen MR) is 59.5 cm³/mol.